The third-order valence-electron chi connectivity index (χ3n) is 2.61. The predicted molar refractivity (Wildman–Crippen MR) is 73.8 cm³/mol. The smallest absolute Gasteiger partial charge is 0.129 e. The van der Waals surface area contributed by atoms with Gasteiger partial charge in [-0.05, 0) is 29.8 Å². The first-order valence-corrected chi connectivity index (χ1v) is 6.36. The second-order valence-electron chi connectivity index (χ2n) is 3.95. The van der Waals surface area contributed by atoms with Gasteiger partial charge in [0.2, 0.25) is 0 Å². The Bertz CT molecular complexity index is 545. The molecule has 0 amide bonds. The highest BCUT2D eigenvalue weighted by atomic mass is 79.9. The zero-order valence-corrected chi connectivity index (χ0v) is 11.2. The molecule has 0 aliphatic heterocycles. The lowest BCUT2D eigenvalue weighted by Crippen LogP contribution is -2.02. The molecule has 4 heteroatoms. The Labute approximate surface area is 114 Å². The number of benzene rings is 2. The van der Waals surface area contributed by atoms with E-state index < -0.39 is 0 Å². The van der Waals surface area contributed by atoms with Gasteiger partial charge < -0.3 is 10.4 Å². The monoisotopic (exact) mass is 309 g/mol. The van der Waals surface area contributed by atoms with E-state index in [9.17, 15) is 4.39 Å². The topological polar surface area (TPSA) is 32.3 Å². The number of rotatable bonds is 4. The van der Waals surface area contributed by atoms with Crippen molar-refractivity contribution in [3.05, 3.63) is 63.9 Å². The van der Waals surface area contributed by atoms with Crippen LogP contribution in [0.1, 0.15) is 11.1 Å². The number of nitrogens with one attached hydrogen (secondary N) is 1. The fraction of sp³-hybridized carbons (Fsp3) is 0.143. The van der Waals surface area contributed by atoms with E-state index in [-0.39, 0.29) is 12.4 Å². The fourth-order valence-corrected chi connectivity index (χ4v) is 1.98. The Morgan fingerprint density at radius 1 is 1.17 bits per heavy atom. The number of hydrogen-bond donors (Lipinski definition) is 2. The van der Waals surface area contributed by atoms with E-state index in [1.807, 2.05) is 30.3 Å². The van der Waals surface area contributed by atoms with Gasteiger partial charge in [0.25, 0.3) is 0 Å². The van der Waals surface area contributed by atoms with Crippen molar-refractivity contribution in [2.24, 2.45) is 0 Å². The van der Waals surface area contributed by atoms with Crippen molar-refractivity contribution in [1.29, 1.82) is 0 Å². The van der Waals surface area contributed by atoms with E-state index in [1.165, 1.54) is 6.07 Å². The molecule has 18 heavy (non-hydrogen) atoms. The van der Waals surface area contributed by atoms with Crippen LogP contribution in [-0.2, 0) is 13.2 Å². The van der Waals surface area contributed by atoms with Crippen LogP contribution in [0.2, 0.25) is 0 Å². The average Bonchev–Trinajstić information content (AvgIpc) is 2.38. The van der Waals surface area contributed by atoms with E-state index in [2.05, 4.69) is 21.2 Å². The standard InChI is InChI=1S/C14H13BrFNO/c15-12-5-4-11(14(16)7-12)8-17-13-3-1-2-10(6-13)9-18/h1-7,17-18H,8-9H2. The lowest BCUT2D eigenvalue weighted by molar-refractivity contribution is 0.282. The van der Waals surface area contributed by atoms with E-state index in [0.29, 0.717) is 12.1 Å². The molecule has 0 radical (unpaired) electrons. The zero-order valence-electron chi connectivity index (χ0n) is 9.66. The van der Waals surface area contributed by atoms with Crippen LogP contribution in [0.3, 0.4) is 0 Å². The molecule has 0 aromatic heterocycles. The third kappa shape index (κ3) is 3.31. The summed E-state index contributed by atoms with van der Waals surface area (Å²) in [5, 5.41) is 12.2. The molecule has 0 saturated carbocycles. The number of anilines is 1. The molecule has 2 rings (SSSR count). The molecule has 0 fully saturated rings. The summed E-state index contributed by atoms with van der Waals surface area (Å²) >= 11 is 3.22. The third-order valence-corrected chi connectivity index (χ3v) is 3.10. The molecular formula is C14H13BrFNO. The van der Waals surface area contributed by atoms with E-state index in [4.69, 9.17) is 5.11 Å². The molecule has 0 saturated heterocycles. The van der Waals surface area contributed by atoms with Crippen molar-refractivity contribution in [2.75, 3.05) is 5.32 Å². The maximum absolute atomic E-state index is 13.6. The highest BCUT2D eigenvalue weighted by molar-refractivity contribution is 9.10. The molecule has 2 aromatic rings. The number of aliphatic hydroxyl groups excluding tert-OH is 1. The molecule has 94 valence electrons. The second-order valence-corrected chi connectivity index (χ2v) is 4.86. The minimum atomic E-state index is -0.241. The highest BCUT2D eigenvalue weighted by Crippen LogP contribution is 2.17. The summed E-state index contributed by atoms with van der Waals surface area (Å²) in [4.78, 5) is 0. The quantitative estimate of drug-likeness (QED) is 0.902. The summed E-state index contributed by atoms with van der Waals surface area (Å²) in [6, 6.07) is 12.4. The maximum atomic E-state index is 13.6. The summed E-state index contributed by atoms with van der Waals surface area (Å²) in [6.07, 6.45) is 0. The minimum absolute atomic E-state index is 0.00215. The first-order chi connectivity index (χ1) is 8.69. The van der Waals surface area contributed by atoms with E-state index in [1.54, 1.807) is 6.07 Å². The Hall–Kier alpha value is -1.39. The van der Waals surface area contributed by atoms with Crippen molar-refractivity contribution >= 4 is 21.6 Å². The second kappa shape index (κ2) is 5.98. The summed E-state index contributed by atoms with van der Waals surface area (Å²) in [5.74, 6) is -0.241. The molecule has 2 aromatic carbocycles. The number of aliphatic hydroxyl groups is 1. The van der Waals surface area contributed by atoms with Crippen LogP contribution in [-0.4, -0.2) is 5.11 Å². The molecule has 0 spiro atoms. The van der Waals surface area contributed by atoms with Gasteiger partial charge in [-0.1, -0.05) is 34.1 Å². The Kier molecular flexibility index (Phi) is 4.33. The lowest BCUT2D eigenvalue weighted by Gasteiger charge is -2.08. The Balaban J connectivity index is 2.06. The summed E-state index contributed by atoms with van der Waals surface area (Å²) < 4.78 is 14.3. The van der Waals surface area contributed by atoms with Crippen molar-refractivity contribution in [3.63, 3.8) is 0 Å². The molecule has 2 nitrogen and oxygen atoms in total. The predicted octanol–water partition coefficient (Wildman–Crippen LogP) is 3.69. The van der Waals surface area contributed by atoms with Crippen LogP contribution < -0.4 is 5.32 Å². The van der Waals surface area contributed by atoms with Crippen LogP contribution in [0.25, 0.3) is 0 Å². The van der Waals surface area contributed by atoms with Crippen LogP contribution in [0, 0.1) is 5.82 Å². The lowest BCUT2D eigenvalue weighted by atomic mass is 10.2. The van der Waals surface area contributed by atoms with E-state index >= 15 is 0 Å². The highest BCUT2D eigenvalue weighted by Gasteiger charge is 2.02. The summed E-state index contributed by atoms with van der Waals surface area (Å²) in [7, 11) is 0. The molecule has 0 aliphatic rings. The van der Waals surface area contributed by atoms with Crippen molar-refractivity contribution in [3.8, 4) is 0 Å². The Morgan fingerprint density at radius 2 is 2.00 bits per heavy atom. The van der Waals surface area contributed by atoms with Crippen LogP contribution in [0.5, 0.6) is 0 Å². The molecule has 0 unspecified atom stereocenters. The van der Waals surface area contributed by atoms with Gasteiger partial charge in [-0.25, -0.2) is 4.39 Å². The molecule has 0 heterocycles. The van der Waals surface area contributed by atoms with Gasteiger partial charge in [-0.15, -0.1) is 0 Å². The van der Waals surface area contributed by atoms with Gasteiger partial charge in [0.1, 0.15) is 5.82 Å². The van der Waals surface area contributed by atoms with Gasteiger partial charge in [0.15, 0.2) is 0 Å². The summed E-state index contributed by atoms with van der Waals surface area (Å²) in [6.45, 7) is 0.413. The van der Waals surface area contributed by atoms with Crippen molar-refractivity contribution in [1.82, 2.24) is 0 Å². The Morgan fingerprint density at radius 3 is 2.72 bits per heavy atom. The van der Waals surface area contributed by atoms with Crippen LogP contribution >= 0.6 is 15.9 Å². The number of halogens is 2. The maximum Gasteiger partial charge on any atom is 0.129 e. The molecule has 2 N–H and O–H groups in total. The van der Waals surface area contributed by atoms with Gasteiger partial charge in [0, 0.05) is 22.3 Å². The molecule has 0 aliphatic carbocycles. The molecular weight excluding hydrogens is 297 g/mol. The largest absolute Gasteiger partial charge is 0.392 e. The summed E-state index contributed by atoms with van der Waals surface area (Å²) in [5.41, 5.74) is 2.30. The first kappa shape index (κ1) is 13.1. The van der Waals surface area contributed by atoms with E-state index in [0.717, 1.165) is 15.7 Å². The van der Waals surface area contributed by atoms with Crippen molar-refractivity contribution in [2.45, 2.75) is 13.2 Å². The van der Waals surface area contributed by atoms with Gasteiger partial charge in [-0.2, -0.15) is 0 Å². The van der Waals surface area contributed by atoms with Gasteiger partial charge >= 0.3 is 0 Å². The molecule has 0 bridgehead atoms. The van der Waals surface area contributed by atoms with Crippen LogP contribution in [0.15, 0.2) is 46.9 Å². The van der Waals surface area contributed by atoms with Crippen LogP contribution in [0.4, 0.5) is 10.1 Å². The van der Waals surface area contributed by atoms with Gasteiger partial charge in [-0.3, -0.25) is 0 Å². The zero-order chi connectivity index (χ0) is 13.0. The molecule has 0 atom stereocenters. The average molecular weight is 310 g/mol. The van der Waals surface area contributed by atoms with Crippen molar-refractivity contribution < 1.29 is 9.50 Å². The van der Waals surface area contributed by atoms with Gasteiger partial charge in [0.05, 0.1) is 6.61 Å². The fourth-order valence-electron chi connectivity index (χ4n) is 1.64. The normalized spacial score (nSPS) is 10.4. The SMILES string of the molecule is OCc1cccc(NCc2ccc(Br)cc2F)c1. The number of hydrogen-bond acceptors (Lipinski definition) is 2. The minimum Gasteiger partial charge on any atom is -0.392 e. The first-order valence-electron chi connectivity index (χ1n) is 5.56.